The summed E-state index contributed by atoms with van der Waals surface area (Å²) in [6, 6.07) is 3.74. The molecule has 6 nitrogen and oxygen atoms in total. The lowest BCUT2D eigenvalue weighted by Crippen LogP contribution is -2.41. The Balaban J connectivity index is 1.79. The van der Waals surface area contributed by atoms with Crippen LogP contribution < -0.4 is 10.2 Å². The van der Waals surface area contributed by atoms with E-state index < -0.39 is 0 Å². The maximum Gasteiger partial charge on any atom is 0.269 e. The van der Waals surface area contributed by atoms with Gasteiger partial charge in [0.15, 0.2) is 0 Å². The molecule has 1 aromatic rings. The maximum atomic E-state index is 12.1. The Bertz CT molecular complexity index is 454. The summed E-state index contributed by atoms with van der Waals surface area (Å²) in [5.74, 6) is -0.112. The van der Waals surface area contributed by atoms with Gasteiger partial charge in [-0.3, -0.25) is 9.69 Å². The number of carbonyl (C=O) groups excluding carboxylic acids is 1. The molecule has 6 heteroatoms. The van der Waals surface area contributed by atoms with Crippen LogP contribution in [0.3, 0.4) is 0 Å². The van der Waals surface area contributed by atoms with Crippen molar-refractivity contribution < 1.29 is 9.53 Å². The van der Waals surface area contributed by atoms with Gasteiger partial charge in [-0.15, -0.1) is 0 Å². The summed E-state index contributed by atoms with van der Waals surface area (Å²) in [4.78, 5) is 20.8. The van der Waals surface area contributed by atoms with Gasteiger partial charge >= 0.3 is 0 Å². The highest BCUT2D eigenvalue weighted by molar-refractivity contribution is 5.92. The lowest BCUT2D eigenvalue weighted by molar-refractivity contribution is 0.0383. The van der Waals surface area contributed by atoms with Crippen LogP contribution in [0, 0.1) is 0 Å². The van der Waals surface area contributed by atoms with Crippen molar-refractivity contribution in [1.82, 2.24) is 15.2 Å². The third-order valence-corrected chi connectivity index (χ3v) is 3.93. The normalized spacial score (nSPS) is 15.5. The quantitative estimate of drug-likeness (QED) is 0.814. The standard InChI is InChI=1S/C16H26N4O2/c1-3-20(4-2)14-5-6-15(18-13-14)16(21)17-7-8-19-9-11-22-12-10-19/h5-6,13H,3-4,7-12H2,1-2H3,(H,17,21). The SMILES string of the molecule is CCN(CC)c1ccc(C(=O)NCCN2CCOCC2)nc1. The average molecular weight is 306 g/mol. The lowest BCUT2D eigenvalue weighted by atomic mass is 10.3. The fourth-order valence-electron chi connectivity index (χ4n) is 2.54. The number of morpholine rings is 1. The number of carbonyl (C=O) groups is 1. The third-order valence-electron chi connectivity index (χ3n) is 3.93. The summed E-state index contributed by atoms with van der Waals surface area (Å²) < 4.78 is 5.30. The summed E-state index contributed by atoms with van der Waals surface area (Å²) in [6.45, 7) is 11.0. The Hall–Kier alpha value is -1.66. The summed E-state index contributed by atoms with van der Waals surface area (Å²) in [7, 11) is 0. The molecule has 0 unspecified atom stereocenters. The molecule has 1 amide bonds. The van der Waals surface area contributed by atoms with Crippen molar-refractivity contribution in [2.45, 2.75) is 13.8 Å². The lowest BCUT2D eigenvalue weighted by Gasteiger charge is -2.26. The molecule has 1 saturated heterocycles. The fourth-order valence-corrected chi connectivity index (χ4v) is 2.54. The molecule has 0 bridgehead atoms. The van der Waals surface area contributed by atoms with E-state index in [4.69, 9.17) is 4.74 Å². The number of rotatable bonds is 7. The largest absolute Gasteiger partial charge is 0.379 e. The molecule has 1 aliphatic rings. The molecule has 1 aliphatic heterocycles. The molecular weight excluding hydrogens is 280 g/mol. The van der Waals surface area contributed by atoms with Crippen LogP contribution in [0.1, 0.15) is 24.3 Å². The minimum absolute atomic E-state index is 0.112. The van der Waals surface area contributed by atoms with Crippen LogP contribution in [-0.4, -0.2) is 68.3 Å². The number of hydrogen-bond donors (Lipinski definition) is 1. The number of hydrogen-bond acceptors (Lipinski definition) is 5. The van der Waals surface area contributed by atoms with Gasteiger partial charge in [0.25, 0.3) is 5.91 Å². The Kier molecular flexibility index (Phi) is 6.61. The Morgan fingerprint density at radius 1 is 1.32 bits per heavy atom. The Morgan fingerprint density at radius 3 is 2.64 bits per heavy atom. The fraction of sp³-hybridized carbons (Fsp3) is 0.625. The second kappa shape index (κ2) is 8.70. The number of ether oxygens (including phenoxy) is 1. The minimum Gasteiger partial charge on any atom is -0.379 e. The van der Waals surface area contributed by atoms with Gasteiger partial charge in [0, 0.05) is 39.3 Å². The predicted octanol–water partition coefficient (Wildman–Crippen LogP) is 0.990. The maximum absolute atomic E-state index is 12.1. The first-order valence-electron chi connectivity index (χ1n) is 8.04. The Labute approximate surface area is 132 Å². The zero-order chi connectivity index (χ0) is 15.8. The van der Waals surface area contributed by atoms with Gasteiger partial charge in [0.2, 0.25) is 0 Å². The van der Waals surface area contributed by atoms with E-state index in [0.29, 0.717) is 12.2 Å². The molecule has 2 heterocycles. The van der Waals surface area contributed by atoms with Crippen molar-refractivity contribution in [2.24, 2.45) is 0 Å². The number of amides is 1. The molecule has 0 atom stereocenters. The smallest absolute Gasteiger partial charge is 0.269 e. The molecular formula is C16H26N4O2. The first-order chi connectivity index (χ1) is 10.7. The highest BCUT2D eigenvalue weighted by atomic mass is 16.5. The topological polar surface area (TPSA) is 57.7 Å². The van der Waals surface area contributed by atoms with Crippen molar-refractivity contribution in [3.8, 4) is 0 Å². The van der Waals surface area contributed by atoms with E-state index in [0.717, 1.165) is 51.6 Å². The monoisotopic (exact) mass is 306 g/mol. The molecule has 1 N–H and O–H groups in total. The van der Waals surface area contributed by atoms with E-state index in [1.165, 1.54) is 0 Å². The van der Waals surface area contributed by atoms with E-state index in [1.807, 2.05) is 6.07 Å². The molecule has 0 radical (unpaired) electrons. The minimum atomic E-state index is -0.112. The van der Waals surface area contributed by atoms with Gasteiger partial charge in [-0.2, -0.15) is 0 Å². The molecule has 2 rings (SSSR count). The first-order valence-corrected chi connectivity index (χ1v) is 8.04. The van der Waals surface area contributed by atoms with E-state index in [1.54, 1.807) is 12.3 Å². The van der Waals surface area contributed by atoms with Gasteiger partial charge in [-0.1, -0.05) is 0 Å². The van der Waals surface area contributed by atoms with E-state index >= 15 is 0 Å². The second-order valence-corrected chi connectivity index (χ2v) is 5.28. The van der Waals surface area contributed by atoms with Crippen LogP contribution >= 0.6 is 0 Å². The zero-order valence-corrected chi connectivity index (χ0v) is 13.5. The highest BCUT2D eigenvalue weighted by Crippen LogP contribution is 2.12. The van der Waals surface area contributed by atoms with Crippen LogP contribution in [-0.2, 0) is 4.74 Å². The number of aromatic nitrogens is 1. The van der Waals surface area contributed by atoms with Gasteiger partial charge in [0.05, 0.1) is 25.1 Å². The molecule has 0 aliphatic carbocycles. The highest BCUT2D eigenvalue weighted by Gasteiger charge is 2.12. The van der Waals surface area contributed by atoms with Crippen LogP contribution in [0.25, 0.3) is 0 Å². The van der Waals surface area contributed by atoms with Gasteiger partial charge in [-0.05, 0) is 26.0 Å². The number of nitrogens with zero attached hydrogens (tertiary/aromatic N) is 3. The molecule has 0 aromatic carbocycles. The van der Waals surface area contributed by atoms with Crippen molar-refractivity contribution in [1.29, 1.82) is 0 Å². The van der Waals surface area contributed by atoms with Crippen molar-refractivity contribution >= 4 is 11.6 Å². The predicted molar refractivity (Wildman–Crippen MR) is 87.4 cm³/mol. The van der Waals surface area contributed by atoms with Crippen molar-refractivity contribution in [3.05, 3.63) is 24.0 Å². The van der Waals surface area contributed by atoms with Crippen LogP contribution in [0.15, 0.2) is 18.3 Å². The molecule has 22 heavy (non-hydrogen) atoms. The van der Waals surface area contributed by atoms with E-state index in [9.17, 15) is 4.79 Å². The Morgan fingerprint density at radius 2 is 2.05 bits per heavy atom. The van der Waals surface area contributed by atoms with Crippen LogP contribution in [0.2, 0.25) is 0 Å². The summed E-state index contributed by atoms with van der Waals surface area (Å²) in [5, 5.41) is 2.93. The van der Waals surface area contributed by atoms with E-state index in [2.05, 4.69) is 33.9 Å². The summed E-state index contributed by atoms with van der Waals surface area (Å²) in [6.07, 6.45) is 1.77. The first kappa shape index (κ1) is 16.7. The number of nitrogens with one attached hydrogen (secondary N) is 1. The van der Waals surface area contributed by atoms with Crippen LogP contribution in [0.4, 0.5) is 5.69 Å². The third kappa shape index (κ3) is 4.68. The van der Waals surface area contributed by atoms with Gasteiger partial charge in [0.1, 0.15) is 5.69 Å². The zero-order valence-electron chi connectivity index (χ0n) is 13.5. The average Bonchev–Trinajstić information content (AvgIpc) is 2.57. The van der Waals surface area contributed by atoms with E-state index in [-0.39, 0.29) is 5.91 Å². The van der Waals surface area contributed by atoms with Crippen molar-refractivity contribution in [2.75, 3.05) is 57.4 Å². The number of anilines is 1. The molecule has 1 aromatic heterocycles. The summed E-state index contributed by atoms with van der Waals surface area (Å²) >= 11 is 0. The molecule has 122 valence electrons. The molecule has 0 saturated carbocycles. The summed E-state index contributed by atoms with van der Waals surface area (Å²) in [5.41, 5.74) is 1.52. The molecule has 1 fully saturated rings. The van der Waals surface area contributed by atoms with Crippen molar-refractivity contribution in [3.63, 3.8) is 0 Å². The van der Waals surface area contributed by atoms with Gasteiger partial charge < -0.3 is 15.0 Å². The second-order valence-electron chi connectivity index (χ2n) is 5.28. The van der Waals surface area contributed by atoms with Gasteiger partial charge in [-0.25, -0.2) is 4.98 Å². The molecule has 0 spiro atoms. The van der Waals surface area contributed by atoms with Crippen LogP contribution in [0.5, 0.6) is 0 Å². The number of pyridine rings is 1.